The molecule has 0 aliphatic rings. The molecule has 0 fully saturated rings. The highest BCUT2D eigenvalue weighted by molar-refractivity contribution is 5.70. The van der Waals surface area contributed by atoms with Crippen molar-refractivity contribution in [2.45, 2.75) is 283 Å². The van der Waals surface area contributed by atoms with Gasteiger partial charge >= 0.3 is 11.9 Å². The van der Waals surface area contributed by atoms with Crippen LogP contribution >= 0.6 is 0 Å². The molecule has 9 heteroatoms. The minimum atomic E-state index is -1.64. The van der Waals surface area contributed by atoms with Gasteiger partial charge in [-0.15, -0.1) is 0 Å². The Bertz CT molecular complexity index is 1860. The first-order valence-corrected chi connectivity index (χ1v) is 34.3. The molecular weight excluding hydrogens is 1050 g/mol. The number of rotatable bonds is 62. The van der Waals surface area contributed by atoms with E-state index in [1.165, 1.54) is 122 Å². The van der Waals surface area contributed by atoms with Crippen LogP contribution in [0.15, 0.2) is 134 Å². The van der Waals surface area contributed by atoms with Gasteiger partial charge in [0, 0.05) is 12.8 Å². The molecule has 0 aromatic rings. The van der Waals surface area contributed by atoms with E-state index in [1.807, 2.05) is 21.1 Å². The van der Waals surface area contributed by atoms with Gasteiger partial charge in [-0.3, -0.25) is 9.59 Å². The van der Waals surface area contributed by atoms with Crippen molar-refractivity contribution in [3.63, 3.8) is 0 Å². The third-order valence-electron chi connectivity index (χ3n) is 14.4. The van der Waals surface area contributed by atoms with Crippen molar-refractivity contribution in [2.75, 3.05) is 47.5 Å². The summed E-state index contributed by atoms with van der Waals surface area (Å²) < 4.78 is 22.8. The van der Waals surface area contributed by atoms with Crippen LogP contribution in [0.1, 0.15) is 271 Å². The summed E-state index contributed by atoms with van der Waals surface area (Å²) >= 11 is 0. The van der Waals surface area contributed by atoms with Crippen LogP contribution in [0.4, 0.5) is 0 Å². The van der Waals surface area contributed by atoms with E-state index < -0.39 is 24.3 Å². The van der Waals surface area contributed by atoms with Gasteiger partial charge in [-0.05, 0) is 116 Å². The van der Waals surface area contributed by atoms with Gasteiger partial charge in [0.2, 0.25) is 0 Å². The van der Waals surface area contributed by atoms with E-state index in [0.29, 0.717) is 17.4 Å². The number of ether oxygens (including phenoxy) is 4. The SMILES string of the molecule is CC/C=C\C/C=C\C/C=C\C/C=C\C/C=C\C/C=C\C/C=C\C/C=C\C/C=C\CCCCCCCC(=O)OC(COC(=O)CCCCCCCCCCCCCCCCC/C=C\C/C=C\CCCCCCC)COC(OCC[N+](C)(C)C)C(=O)[O-]. The molecule has 0 saturated carbocycles. The zero-order chi connectivity index (χ0) is 61.9. The number of quaternary nitrogens is 1. The number of unbranched alkanes of at least 4 members (excludes halogenated alkanes) is 25. The molecule has 0 heterocycles. The zero-order valence-electron chi connectivity index (χ0n) is 55.2. The van der Waals surface area contributed by atoms with Gasteiger partial charge < -0.3 is 33.3 Å². The lowest BCUT2D eigenvalue weighted by atomic mass is 10.0. The summed E-state index contributed by atoms with van der Waals surface area (Å²) in [6.07, 6.45) is 90.9. The van der Waals surface area contributed by atoms with Crippen LogP contribution in [-0.2, 0) is 33.3 Å². The Kier molecular flexibility index (Phi) is 61.9. The number of aliphatic carboxylic acids is 1. The molecule has 2 unspecified atom stereocenters. The number of carbonyl (C=O) groups excluding carboxylic acids is 3. The number of allylic oxidation sites excluding steroid dienone is 22. The zero-order valence-corrected chi connectivity index (χ0v) is 55.2. The largest absolute Gasteiger partial charge is 0.545 e. The van der Waals surface area contributed by atoms with Crippen LogP contribution in [0.5, 0.6) is 0 Å². The molecule has 0 aliphatic carbocycles. The highest BCUT2D eigenvalue weighted by Gasteiger charge is 2.22. The predicted octanol–water partition coefficient (Wildman–Crippen LogP) is 20.0. The van der Waals surface area contributed by atoms with Crippen molar-refractivity contribution in [3.05, 3.63) is 134 Å². The van der Waals surface area contributed by atoms with Crippen LogP contribution in [0, 0.1) is 0 Å². The lowest BCUT2D eigenvalue weighted by molar-refractivity contribution is -0.870. The number of hydrogen-bond donors (Lipinski definition) is 0. The number of esters is 2. The number of likely N-dealkylation sites (N-methyl/N-ethyl adjacent to an activating group) is 1. The number of nitrogens with zero attached hydrogens (tertiary/aromatic N) is 1. The first-order chi connectivity index (χ1) is 41.6. The van der Waals surface area contributed by atoms with Crippen LogP contribution in [-0.4, -0.2) is 82.3 Å². The molecule has 0 aromatic heterocycles. The molecule has 2 atom stereocenters. The maximum atomic E-state index is 12.9. The number of carboxylic acids is 1. The minimum absolute atomic E-state index is 0.137. The molecule has 0 radical (unpaired) electrons. The molecule has 484 valence electrons. The summed E-state index contributed by atoms with van der Waals surface area (Å²) in [5.41, 5.74) is 0. The van der Waals surface area contributed by atoms with Gasteiger partial charge in [-0.1, -0.05) is 276 Å². The summed E-state index contributed by atoms with van der Waals surface area (Å²) in [6.45, 7) is 4.60. The Labute approximate surface area is 522 Å². The van der Waals surface area contributed by atoms with Gasteiger partial charge in [0.1, 0.15) is 13.2 Å². The quantitative estimate of drug-likeness (QED) is 0.0195. The standard InChI is InChI=1S/C76H127NO8/c1-6-8-10-12-14-16-18-20-22-24-26-28-30-32-34-35-36-37-38-39-41-43-45-47-49-51-53-55-57-59-61-63-65-67-74(79)85-72(71-84-76(75(80)81)82-69-68-77(3,4)5)70-83-73(78)66-64-62-60-58-56-54-52-50-48-46-44-42-40-33-31-29-27-25-23-21-19-17-15-13-11-9-7-2/h8,10,14,16,19-22,25-28,32,34,36-37,39,41,45,47,51,53,72,76H,6-7,9,11-13,15,17-18,23-24,29-31,33,35,38,40,42-44,46,48-50,52,54-71H2,1-5H3/b10-8-,16-14-,21-19-,22-20-,27-25-,28-26-,34-32-,37-36-,41-39-,47-45-,53-51-. The summed E-state index contributed by atoms with van der Waals surface area (Å²) in [5, 5.41) is 11.8. The third kappa shape index (κ3) is 66.8. The highest BCUT2D eigenvalue weighted by atomic mass is 16.7. The maximum absolute atomic E-state index is 12.9. The van der Waals surface area contributed by atoms with E-state index in [-0.39, 0.29) is 38.6 Å². The molecule has 0 saturated heterocycles. The van der Waals surface area contributed by atoms with E-state index in [1.54, 1.807) is 0 Å². The molecule has 85 heavy (non-hydrogen) atoms. The van der Waals surface area contributed by atoms with Crippen LogP contribution in [0.2, 0.25) is 0 Å². The molecule has 0 amide bonds. The fourth-order valence-corrected chi connectivity index (χ4v) is 9.15. The molecule has 0 N–H and O–H groups in total. The van der Waals surface area contributed by atoms with Gasteiger partial charge in [0.15, 0.2) is 12.4 Å². The maximum Gasteiger partial charge on any atom is 0.306 e. The Hall–Kier alpha value is -4.57. The molecule has 0 aliphatic heterocycles. The lowest BCUT2D eigenvalue weighted by Crippen LogP contribution is -2.44. The monoisotopic (exact) mass is 1180 g/mol. The molecule has 0 aromatic carbocycles. The van der Waals surface area contributed by atoms with Crippen molar-refractivity contribution < 1.29 is 42.9 Å². The van der Waals surface area contributed by atoms with Crippen LogP contribution in [0.3, 0.4) is 0 Å². The fourth-order valence-electron chi connectivity index (χ4n) is 9.15. The van der Waals surface area contributed by atoms with E-state index in [0.717, 1.165) is 116 Å². The number of hydrogen-bond acceptors (Lipinski definition) is 8. The van der Waals surface area contributed by atoms with E-state index >= 15 is 0 Å². The van der Waals surface area contributed by atoms with Gasteiger partial charge in [-0.2, -0.15) is 0 Å². The fraction of sp³-hybridized carbons (Fsp3) is 0.671. The van der Waals surface area contributed by atoms with Crippen LogP contribution < -0.4 is 5.11 Å². The number of carbonyl (C=O) groups is 3. The van der Waals surface area contributed by atoms with Gasteiger partial charge in [-0.25, -0.2) is 0 Å². The average Bonchev–Trinajstić information content (AvgIpc) is 3.49. The van der Waals surface area contributed by atoms with Crippen molar-refractivity contribution >= 4 is 17.9 Å². The second-order valence-electron chi connectivity index (χ2n) is 23.7. The topological polar surface area (TPSA) is 111 Å². The smallest absolute Gasteiger partial charge is 0.306 e. The van der Waals surface area contributed by atoms with Crippen molar-refractivity contribution in [1.29, 1.82) is 0 Å². The van der Waals surface area contributed by atoms with Crippen LogP contribution in [0.25, 0.3) is 0 Å². The Morgan fingerprint density at radius 2 is 0.671 bits per heavy atom. The molecule has 0 spiro atoms. The average molecular weight is 1180 g/mol. The summed E-state index contributed by atoms with van der Waals surface area (Å²) in [7, 11) is 5.92. The molecule has 9 nitrogen and oxygen atoms in total. The summed E-state index contributed by atoms with van der Waals surface area (Å²) in [5.74, 6) is -2.32. The van der Waals surface area contributed by atoms with E-state index in [4.69, 9.17) is 18.9 Å². The molecular formula is C76H127NO8. The Morgan fingerprint density at radius 3 is 1.00 bits per heavy atom. The van der Waals surface area contributed by atoms with Crippen molar-refractivity contribution in [1.82, 2.24) is 0 Å². The normalized spacial score (nSPS) is 13.6. The first kappa shape index (κ1) is 80.4. The van der Waals surface area contributed by atoms with E-state index in [9.17, 15) is 19.5 Å². The third-order valence-corrected chi connectivity index (χ3v) is 14.4. The highest BCUT2D eigenvalue weighted by Crippen LogP contribution is 2.16. The van der Waals surface area contributed by atoms with Crippen molar-refractivity contribution in [3.8, 4) is 0 Å². The van der Waals surface area contributed by atoms with Crippen molar-refractivity contribution in [2.24, 2.45) is 0 Å². The predicted molar refractivity (Wildman–Crippen MR) is 361 cm³/mol. The second-order valence-corrected chi connectivity index (χ2v) is 23.7. The Balaban J connectivity index is 4.23. The minimum Gasteiger partial charge on any atom is -0.545 e. The number of carboxylic acid groups (broad SMARTS) is 1. The molecule has 0 bridgehead atoms. The second kappa shape index (κ2) is 65.4. The summed E-state index contributed by atoms with van der Waals surface area (Å²) in [4.78, 5) is 37.5. The summed E-state index contributed by atoms with van der Waals surface area (Å²) in [6, 6.07) is 0. The van der Waals surface area contributed by atoms with E-state index in [2.05, 4.69) is 148 Å². The Morgan fingerprint density at radius 1 is 0.365 bits per heavy atom. The van der Waals surface area contributed by atoms with Gasteiger partial charge in [0.05, 0.1) is 40.3 Å². The lowest BCUT2D eigenvalue weighted by Gasteiger charge is -2.26. The van der Waals surface area contributed by atoms with Gasteiger partial charge in [0.25, 0.3) is 0 Å². The molecule has 0 rings (SSSR count). The first-order valence-electron chi connectivity index (χ1n) is 34.3.